The summed E-state index contributed by atoms with van der Waals surface area (Å²) >= 11 is 0. The van der Waals surface area contributed by atoms with Gasteiger partial charge in [0.05, 0.1) is 0 Å². The zero-order valence-corrected chi connectivity index (χ0v) is 9.41. The summed E-state index contributed by atoms with van der Waals surface area (Å²) < 4.78 is 5.28. The van der Waals surface area contributed by atoms with Crippen LogP contribution in [0.1, 0.15) is 32.6 Å². The van der Waals surface area contributed by atoms with Gasteiger partial charge in [0.15, 0.2) is 0 Å². The zero-order chi connectivity index (χ0) is 11.8. The molecule has 0 aromatic rings. The summed E-state index contributed by atoms with van der Waals surface area (Å²) in [5, 5.41) is 11.8. The lowest BCUT2D eigenvalue weighted by Crippen LogP contribution is -2.67. The molecule has 0 unspecified atom stereocenters. The summed E-state index contributed by atoms with van der Waals surface area (Å²) in [4.78, 5) is 22.2. The Labute approximate surface area is 94.2 Å². The van der Waals surface area contributed by atoms with Crippen LogP contribution in [0.15, 0.2) is 0 Å². The molecular weight excluding hydrogens is 210 g/mol. The molecule has 0 bridgehead atoms. The second kappa shape index (κ2) is 3.73. The summed E-state index contributed by atoms with van der Waals surface area (Å²) in [6.07, 6.45) is 2.89. The predicted molar refractivity (Wildman–Crippen MR) is 55.9 cm³/mol. The van der Waals surface area contributed by atoms with Crippen LogP contribution >= 0.6 is 0 Å². The van der Waals surface area contributed by atoms with Gasteiger partial charge in [-0.1, -0.05) is 0 Å². The highest BCUT2D eigenvalue weighted by atomic mass is 16.5. The van der Waals surface area contributed by atoms with E-state index in [0.717, 1.165) is 12.8 Å². The molecule has 5 nitrogen and oxygen atoms in total. The van der Waals surface area contributed by atoms with E-state index in [2.05, 4.69) is 5.32 Å². The van der Waals surface area contributed by atoms with Crippen LogP contribution in [0.25, 0.3) is 0 Å². The molecule has 0 atom stereocenters. The zero-order valence-electron chi connectivity index (χ0n) is 9.41. The Morgan fingerprint density at radius 3 is 2.25 bits per heavy atom. The van der Waals surface area contributed by atoms with Crippen LogP contribution in [0.3, 0.4) is 0 Å². The molecule has 1 amide bonds. The first-order valence-corrected chi connectivity index (χ1v) is 5.58. The van der Waals surface area contributed by atoms with E-state index in [0.29, 0.717) is 26.1 Å². The second-order valence-electron chi connectivity index (χ2n) is 5.03. The minimum absolute atomic E-state index is 0.0824. The van der Waals surface area contributed by atoms with Crippen LogP contribution in [0.2, 0.25) is 0 Å². The number of nitrogens with one attached hydrogen (secondary N) is 1. The molecule has 1 saturated carbocycles. The molecule has 16 heavy (non-hydrogen) atoms. The molecule has 90 valence electrons. The number of ether oxygens (including phenoxy) is 1. The van der Waals surface area contributed by atoms with E-state index in [1.54, 1.807) is 0 Å². The van der Waals surface area contributed by atoms with E-state index in [-0.39, 0.29) is 11.3 Å². The van der Waals surface area contributed by atoms with E-state index in [1.165, 1.54) is 6.92 Å². The van der Waals surface area contributed by atoms with Gasteiger partial charge in [0.1, 0.15) is 5.54 Å². The summed E-state index contributed by atoms with van der Waals surface area (Å²) in [6.45, 7) is 2.77. The topological polar surface area (TPSA) is 75.6 Å². The molecule has 1 aliphatic carbocycles. The third-order valence-electron chi connectivity index (χ3n) is 3.73. The molecule has 1 saturated heterocycles. The van der Waals surface area contributed by atoms with Crippen molar-refractivity contribution in [1.82, 2.24) is 5.32 Å². The number of carbonyl (C=O) groups is 2. The third kappa shape index (κ3) is 1.80. The van der Waals surface area contributed by atoms with Gasteiger partial charge in [0, 0.05) is 20.1 Å². The maximum Gasteiger partial charge on any atom is 0.329 e. The first-order chi connectivity index (χ1) is 7.48. The number of aliphatic carboxylic acids is 1. The Morgan fingerprint density at radius 2 is 1.81 bits per heavy atom. The minimum Gasteiger partial charge on any atom is -0.480 e. The molecule has 2 N–H and O–H groups in total. The molecule has 0 radical (unpaired) electrons. The van der Waals surface area contributed by atoms with Crippen molar-refractivity contribution in [2.24, 2.45) is 5.41 Å². The fraction of sp³-hybridized carbons (Fsp3) is 0.818. The van der Waals surface area contributed by atoms with Crippen LogP contribution in [0, 0.1) is 5.41 Å². The van der Waals surface area contributed by atoms with Crippen molar-refractivity contribution in [3.8, 4) is 0 Å². The maximum atomic E-state index is 11.2. The molecule has 2 rings (SSSR count). The maximum absolute atomic E-state index is 11.2. The lowest BCUT2D eigenvalue weighted by molar-refractivity contribution is -0.165. The van der Waals surface area contributed by atoms with E-state index in [4.69, 9.17) is 4.74 Å². The van der Waals surface area contributed by atoms with E-state index >= 15 is 0 Å². The van der Waals surface area contributed by atoms with Crippen LogP contribution in [0.5, 0.6) is 0 Å². The van der Waals surface area contributed by atoms with E-state index < -0.39 is 11.5 Å². The number of hydrogen-bond acceptors (Lipinski definition) is 3. The fourth-order valence-electron chi connectivity index (χ4n) is 3.02. The van der Waals surface area contributed by atoms with Crippen molar-refractivity contribution in [2.45, 2.75) is 38.1 Å². The van der Waals surface area contributed by atoms with Crippen LogP contribution in [-0.4, -0.2) is 35.7 Å². The van der Waals surface area contributed by atoms with E-state index in [9.17, 15) is 14.7 Å². The normalized spacial score (nSPS) is 25.8. The minimum atomic E-state index is -1.02. The predicted octanol–water partition coefficient (Wildman–Crippen LogP) is 0.536. The molecule has 0 aromatic carbocycles. The smallest absolute Gasteiger partial charge is 0.329 e. The highest BCUT2D eigenvalue weighted by Gasteiger charge is 2.59. The highest BCUT2D eigenvalue weighted by molar-refractivity contribution is 5.87. The SMILES string of the molecule is CC(=O)NC1(C(=O)O)CC2(CCOCC2)C1. The second-order valence-corrected chi connectivity index (χ2v) is 5.03. The Morgan fingerprint density at radius 1 is 1.25 bits per heavy atom. The van der Waals surface area contributed by atoms with Crippen molar-refractivity contribution >= 4 is 11.9 Å². The largest absolute Gasteiger partial charge is 0.480 e. The molecule has 0 aromatic heterocycles. The van der Waals surface area contributed by atoms with Gasteiger partial charge in [-0.15, -0.1) is 0 Å². The van der Waals surface area contributed by atoms with Crippen LogP contribution in [-0.2, 0) is 14.3 Å². The third-order valence-corrected chi connectivity index (χ3v) is 3.73. The summed E-state index contributed by atoms with van der Waals surface area (Å²) in [7, 11) is 0. The Balaban J connectivity index is 2.05. The standard InChI is InChI=1S/C11H17NO4/c1-8(13)12-11(9(14)15)6-10(7-11)2-4-16-5-3-10/h2-7H2,1H3,(H,12,13)(H,14,15). The van der Waals surface area contributed by atoms with Crippen molar-refractivity contribution < 1.29 is 19.4 Å². The molecule has 2 fully saturated rings. The van der Waals surface area contributed by atoms with Gasteiger partial charge in [-0.05, 0) is 31.1 Å². The monoisotopic (exact) mass is 227 g/mol. The molecule has 5 heteroatoms. The Hall–Kier alpha value is -1.10. The highest BCUT2D eigenvalue weighted by Crippen LogP contribution is 2.54. The van der Waals surface area contributed by atoms with Gasteiger partial charge >= 0.3 is 5.97 Å². The van der Waals surface area contributed by atoms with Gasteiger partial charge in [-0.2, -0.15) is 0 Å². The number of amides is 1. The van der Waals surface area contributed by atoms with Gasteiger partial charge in [0.25, 0.3) is 0 Å². The average molecular weight is 227 g/mol. The first kappa shape index (κ1) is 11.4. The average Bonchev–Trinajstić information content (AvgIpc) is 2.15. The van der Waals surface area contributed by atoms with Gasteiger partial charge in [0.2, 0.25) is 5.91 Å². The lowest BCUT2D eigenvalue weighted by Gasteiger charge is -2.55. The fourth-order valence-corrected chi connectivity index (χ4v) is 3.02. The number of carboxylic acid groups (broad SMARTS) is 1. The van der Waals surface area contributed by atoms with Crippen LogP contribution < -0.4 is 5.32 Å². The molecule has 1 spiro atoms. The number of carbonyl (C=O) groups excluding carboxylic acids is 1. The summed E-state index contributed by atoms with van der Waals surface area (Å²) in [5.74, 6) is -1.19. The van der Waals surface area contributed by atoms with Crippen molar-refractivity contribution in [3.63, 3.8) is 0 Å². The number of rotatable bonds is 2. The van der Waals surface area contributed by atoms with E-state index in [1.807, 2.05) is 0 Å². The Bertz CT molecular complexity index is 312. The number of carboxylic acids is 1. The quantitative estimate of drug-likeness (QED) is 0.721. The summed E-state index contributed by atoms with van der Waals surface area (Å²) in [6, 6.07) is 0. The van der Waals surface area contributed by atoms with Crippen molar-refractivity contribution in [2.75, 3.05) is 13.2 Å². The molecule has 2 aliphatic rings. The lowest BCUT2D eigenvalue weighted by atomic mass is 9.54. The first-order valence-electron chi connectivity index (χ1n) is 5.58. The summed E-state index contributed by atoms with van der Waals surface area (Å²) in [5.41, 5.74) is -0.942. The Kier molecular flexibility index (Phi) is 2.66. The van der Waals surface area contributed by atoms with Gasteiger partial charge < -0.3 is 15.2 Å². The van der Waals surface area contributed by atoms with Crippen molar-refractivity contribution in [1.29, 1.82) is 0 Å². The van der Waals surface area contributed by atoms with Gasteiger partial charge in [-0.3, -0.25) is 4.79 Å². The van der Waals surface area contributed by atoms with Gasteiger partial charge in [-0.25, -0.2) is 4.79 Å². The number of hydrogen-bond donors (Lipinski definition) is 2. The molecule has 1 heterocycles. The van der Waals surface area contributed by atoms with Crippen molar-refractivity contribution in [3.05, 3.63) is 0 Å². The molecule has 1 aliphatic heterocycles. The molecular formula is C11H17NO4. The van der Waals surface area contributed by atoms with Crippen LogP contribution in [0.4, 0.5) is 0 Å².